The van der Waals surface area contributed by atoms with Crippen LogP contribution in [0.15, 0.2) is 47.8 Å². The molecule has 0 saturated heterocycles. The monoisotopic (exact) mass is 479 g/mol. The van der Waals surface area contributed by atoms with E-state index in [9.17, 15) is 14.0 Å². The number of hydrogen-bond acceptors (Lipinski definition) is 5. The highest BCUT2D eigenvalue weighted by Crippen LogP contribution is 2.37. The Hall–Kier alpha value is -3.26. The van der Waals surface area contributed by atoms with Gasteiger partial charge < -0.3 is 15.0 Å². The minimum absolute atomic E-state index is 0.0263. The molecule has 2 aliphatic rings. The number of nitrogens with one attached hydrogen (secondary N) is 1. The van der Waals surface area contributed by atoms with E-state index in [2.05, 4.69) is 10.3 Å². The van der Waals surface area contributed by atoms with Crippen molar-refractivity contribution in [2.24, 2.45) is 5.92 Å². The van der Waals surface area contributed by atoms with Crippen molar-refractivity contribution in [3.63, 3.8) is 0 Å². The molecule has 2 amide bonds. The van der Waals surface area contributed by atoms with E-state index in [1.165, 1.54) is 36.3 Å². The molecule has 1 aromatic heterocycles. The van der Waals surface area contributed by atoms with Gasteiger partial charge >= 0.3 is 0 Å². The van der Waals surface area contributed by atoms with Crippen molar-refractivity contribution in [1.82, 2.24) is 15.2 Å². The predicted molar refractivity (Wildman–Crippen MR) is 127 cm³/mol. The summed E-state index contributed by atoms with van der Waals surface area (Å²) in [5.74, 6) is 0.796. The number of fused-ring (bicyclic) bond motifs is 1. The summed E-state index contributed by atoms with van der Waals surface area (Å²) < 4.78 is 19.5. The Morgan fingerprint density at radius 1 is 1.21 bits per heavy atom. The van der Waals surface area contributed by atoms with Crippen LogP contribution in [0.3, 0.4) is 0 Å². The Balaban J connectivity index is 1.32. The van der Waals surface area contributed by atoms with Gasteiger partial charge in [0, 0.05) is 25.4 Å². The number of thiazole rings is 1. The highest BCUT2D eigenvalue weighted by Gasteiger charge is 2.31. The van der Waals surface area contributed by atoms with Crippen molar-refractivity contribution in [2.45, 2.75) is 38.8 Å². The van der Waals surface area contributed by atoms with Crippen LogP contribution in [0.2, 0.25) is 0 Å². The third-order valence-corrected chi connectivity index (χ3v) is 7.15. The molecule has 2 aromatic carbocycles. The molecule has 3 aromatic rings. The zero-order valence-electron chi connectivity index (χ0n) is 18.9. The highest BCUT2D eigenvalue weighted by atomic mass is 32.1. The lowest BCUT2D eigenvalue weighted by molar-refractivity contribution is -0.130. The Bertz CT molecular complexity index is 1210. The molecule has 1 atom stereocenters. The van der Waals surface area contributed by atoms with Gasteiger partial charge in [-0.05, 0) is 66.1 Å². The van der Waals surface area contributed by atoms with Crippen LogP contribution in [0, 0.1) is 11.7 Å². The number of hydrogen-bond donors (Lipinski definition) is 1. The molecule has 2 heterocycles. The van der Waals surface area contributed by atoms with Crippen LogP contribution in [-0.2, 0) is 17.8 Å². The lowest BCUT2D eigenvalue weighted by atomic mass is 9.88. The van der Waals surface area contributed by atoms with Gasteiger partial charge in [-0.1, -0.05) is 18.2 Å². The van der Waals surface area contributed by atoms with Crippen molar-refractivity contribution in [1.29, 1.82) is 0 Å². The van der Waals surface area contributed by atoms with Gasteiger partial charge in [0.2, 0.25) is 5.91 Å². The smallest absolute Gasteiger partial charge is 0.270 e. The topological polar surface area (TPSA) is 71.5 Å². The summed E-state index contributed by atoms with van der Waals surface area (Å²) in [5, 5.41) is 5.40. The summed E-state index contributed by atoms with van der Waals surface area (Å²) >= 11 is 1.39. The summed E-state index contributed by atoms with van der Waals surface area (Å²) in [5.41, 5.74) is 3.40. The van der Waals surface area contributed by atoms with Gasteiger partial charge in [0.05, 0.1) is 6.04 Å². The molecule has 8 heteroatoms. The van der Waals surface area contributed by atoms with E-state index in [0.717, 1.165) is 28.1 Å². The van der Waals surface area contributed by atoms with Crippen LogP contribution >= 0.6 is 11.3 Å². The summed E-state index contributed by atoms with van der Waals surface area (Å²) in [6.45, 7) is 3.12. The van der Waals surface area contributed by atoms with Gasteiger partial charge in [0.25, 0.3) is 5.91 Å². The summed E-state index contributed by atoms with van der Waals surface area (Å²) in [4.78, 5) is 30.8. The molecule has 1 aliphatic heterocycles. The standard InChI is InChI=1S/C26H26FN3O3S/c1-16(31)30-11-10-18-6-9-21(12-22(18)25(30)19-4-7-20(27)8-5-19)33-14-24-29-23(15-34-24)26(32)28-13-17-2-3-17/h4-9,12,15,17,25H,2-3,10-11,13-14H2,1H3,(H,28,32). The number of carbonyl (C=O) groups is 2. The second kappa shape index (κ2) is 9.54. The maximum atomic E-state index is 13.5. The van der Waals surface area contributed by atoms with Crippen LogP contribution in [0.1, 0.15) is 58.0 Å². The number of benzene rings is 2. The fraction of sp³-hybridized carbons (Fsp3) is 0.346. The van der Waals surface area contributed by atoms with Gasteiger partial charge in [0.1, 0.15) is 28.9 Å². The third-order valence-electron chi connectivity index (χ3n) is 6.33. The minimum atomic E-state index is -0.310. The fourth-order valence-corrected chi connectivity index (χ4v) is 4.99. The number of nitrogens with zero attached hydrogens (tertiary/aromatic N) is 2. The van der Waals surface area contributed by atoms with Gasteiger partial charge in [-0.25, -0.2) is 9.37 Å². The van der Waals surface area contributed by atoms with Crippen LogP contribution < -0.4 is 10.1 Å². The number of ether oxygens (including phenoxy) is 1. The molecular formula is C26H26FN3O3S. The normalized spacial score (nSPS) is 17.2. The third kappa shape index (κ3) is 4.97. The molecule has 1 aliphatic carbocycles. The molecule has 1 saturated carbocycles. The zero-order valence-corrected chi connectivity index (χ0v) is 19.7. The van der Waals surface area contributed by atoms with Gasteiger partial charge in [0.15, 0.2) is 0 Å². The van der Waals surface area contributed by atoms with E-state index >= 15 is 0 Å². The minimum Gasteiger partial charge on any atom is -0.486 e. The lowest BCUT2D eigenvalue weighted by Crippen LogP contribution is -2.39. The van der Waals surface area contributed by atoms with Gasteiger partial charge in [-0.2, -0.15) is 0 Å². The maximum absolute atomic E-state index is 13.5. The molecule has 0 bridgehead atoms. The molecular weight excluding hydrogens is 453 g/mol. The first-order valence-corrected chi connectivity index (χ1v) is 12.4. The largest absolute Gasteiger partial charge is 0.486 e. The quantitative estimate of drug-likeness (QED) is 0.542. The number of halogens is 1. The van der Waals surface area contributed by atoms with E-state index in [-0.39, 0.29) is 30.3 Å². The number of rotatable bonds is 7. The molecule has 1 unspecified atom stereocenters. The molecule has 5 rings (SSSR count). The van der Waals surface area contributed by atoms with E-state index in [1.807, 2.05) is 23.1 Å². The van der Waals surface area contributed by atoms with Crippen LogP contribution in [0.4, 0.5) is 4.39 Å². The molecule has 1 fully saturated rings. The SMILES string of the molecule is CC(=O)N1CCc2ccc(OCc3nc(C(=O)NCC4CC4)cs3)cc2C1c1ccc(F)cc1. The first-order valence-electron chi connectivity index (χ1n) is 11.5. The van der Waals surface area contributed by atoms with E-state index < -0.39 is 0 Å². The molecule has 0 spiro atoms. The van der Waals surface area contributed by atoms with E-state index in [0.29, 0.717) is 30.5 Å². The molecule has 0 radical (unpaired) electrons. The molecule has 6 nitrogen and oxygen atoms in total. The van der Waals surface area contributed by atoms with Crippen LogP contribution in [0.25, 0.3) is 0 Å². The second-order valence-corrected chi connectivity index (χ2v) is 9.79. The summed E-state index contributed by atoms with van der Waals surface area (Å²) in [6.07, 6.45) is 3.12. The van der Waals surface area contributed by atoms with Gasteiger partial charge in [-0.15, -0.1) is 11.3 Å². The van der Waals surface area contributed by atoms with E-state index in [4.69, 9.17) is 4.74 Å². The van der Waals surface area contributed by atoms with Crippen molar-refractivity contribution >= 4 is 23.2 Å². The Morgan fingerprint density at radius 2 is 2.00 bits per heavy atom. The average Bonchev–Trinajstić information content (AvgIpc) is 3.55. The number of aromatic nitrogens is 1. The van der Waals surface area contributed by atoms with Crippen molar-refractivity contribution < 1.29 is 18.7 Å². The van der Waals surface area contributed by atoms with Gasteiger partial charge in [-0.3, -0.25) is 9.59 Å². The Morgan fingerprint density at radius 3 is 2.74 bits per heavy atom. The van der Waals surface area contributed by atoms with Crippen LogP contribution in [-0.4, -0.2) is 34.8 Å². The molecule has 1 N–H and O–H groups in total. The first kappa shape index (κ1) is 22.5. The number of amides is 2. The average molecular weight is 480 g/mol. The Labute approximate surface area is 201 Å². The maximum Gasteiger partial charge on any atom is 0.270 e. The summed E-state index contributed by atoms with van der Waals surface area (Å²) in [7, 11) is 0. The van der Waals surface area contributed by atoms with Crippen molar-refractivity contribution in [3.8, 4) is 5.75 Å². The Kier molecular flexibility index (Phi) is 6.32. The first-order chi connectivity index (χ1) is 16.5. The van der Waals surface area contributed by atoms with Crippen molar-refractivity contribution in [2.75, 3.05) is 13.1 Å². The number of carbonyl (C=O) groups excluding carboxylic acids is 2. The lowest BCUT2D eigenvalue weighted by Gasteiger charge is -2.37. The predicted octanol–water partition coefficient (Wildman–Crippen LogP) is 4.50. The van der Waals surface area contributed by atoms with Crippen LogP contribution in [0.5, 0.6) is 5.75 Å². The zero-order chi connectivity index (χ0) is 23.7. The van der Waals surface area contributed by atoms with E-state index in [1.54, 1.807) is 24.4 Å². The highest BCUT2D eigenvalue weighted by molar-refractivity contribution is 7.09. The molecule has 176 valence electrons. The second-order valence-electron chi connectivity index (χ2n) is 8.85. The summed E-state index contributed by atoms with van der Waals surface area (Å²) in [6, 6.07) is 11.9. The fourth-order valence-electron chi connectivity index (χ4n) is 4.30. The van der Waals surface area contributed by atoms with Crippen molar-refractivity contribution in [3.05, 3.63) is 81.1 Å². The molecule has 34 heavy (non-hydrogen) atoms.